The number of esters is 1. The molecule has 0 amide bonds. The number of aromatic hydroxyl groups is 11. The van der Waals surface area contributed by atoms with E-state index in [-0.39, 0.29) is 74.3 Å². The van der Waals surface area contributed by atoms with Crippen molar-refractivity contribution in [3.05, 3.63) is 106 Å². The predicted molar refractivity (Wildman–Crippen MR) is 182 cm³/mol. The Kier molecular flexibility index (Phi) is 9.03. The lowest BCUT2D eigenvalue weighted by Crippen LogP contribution is -2.34. The molecule has 1 aliphatic rings. The molecule has 16 nitrogen and oxygen atoms in total. The molecule has 0 bridgehead atoms. The van der Waals surface area contributed by atoms with Crippen molar-refractivity contribution >= 4 is 16.9 Å². The molecule has 0 aliphatic carbocycles. The number of hydrogen-bond donors (Lipinski definition) is 11. The highest BCUT2D eigenvalue weighted by Crippen LogP contribution is 2.44. The highest BCUT2D eigenvalue weighted by Gasteiger charge is 2.37. The Morgan fingerprint density at radius 3 is 1.94 bits per heavy atom. The van der Waals surface area contributed by atoms with Crippen LogP contribution in [0.5, 0.6) is 69.0 Å². The van der Waals surface area contributed by atoms with Gasteiger partial charge in [-0.05, 0) is 54.6 Å². The molecular weight excluding hydrogens is 700 g/mol. The van der Waals surface area contributed by atoms with Gasteiger partial charge in [0.15, 0.2) is 52.1 Å². The second-order valence-electron chi connectivity index (χ2n) is 11.7. The lowest BCUT2D eigenvalue weighted by atomic mass is 9.93. The molecule has 5 aromatic carbocycles. The van der Waals surface area contributed by atoms with E-state index in [9.17, 15) is 65.8 Å². The minimum atomic E-state index is -1.06. The van der Waals surface area contributed by atoms with E-state index in [1.807, 2.05) is 0 Å². The van der Waals surface area contributed by atoms with Gasteiger partial charge in [-0.15, -0.1) is 0 Å². The fraction of sp³-hybridized carbons (Fsp3) is 0.0811. The highest BCUT2D eigenvalue weighted by molar-refractivity contribution is 5.91. The van der Waals surface area contributed by atoms with E-state index in [0.29, 0.717) is 5.56 Å². The van der Waals surface area contributed by atoms with Crippen molar-refractivity contribution in [1.29, 1.82) is 0 Å². The van der Waals surface area contributed by atoms with Crippen LogP contribution in [0.3, 0.4) is 0 Å². The third kappa shape index (κ3) is 6.91. The average Bonchev–Trinajstić information content (AvgIpc) is 3.11. The normalized spacial score (nSPS) is 14.7. The number of hydrogen-bond acceptors (Lipinski definition) is 16. The summed E-state index contributed by atoms with van der Waals surface area (Å²) in [6, 6.07) is 15.7. The maximum absolute atomic E-state index is 12.7. The fourth-order valence-electron chi connectivity index (χ4n) is 5.51. The Balaban J connectivity index is 0.000000198. The number of benzene rings is 5. The summed E-state index contributed by atoms with van der Waals surface area (Å²) in [7, 11) is 0. The summed E-state index contributed by atoms with van der Waals surface area (Å²) in [5.41, 5.74) is -0.0191. The van der Waals surface area contributed by atoms with E-state index < -0.39 is 58.1 Å². The quantitative estimate of drug-likeness (QED) is 0.0857. The SMILES string of the molecule is O=C(OC1Cc2c(O)cc(O)cc2OC1c1ccc(O)c(O)c1)c1cc(O)c(O)c(O)c1.O=c1c(O)c(-c2ccc(O)c(O)c2)oc2cc(O)ccc12. The molecule has 0 radical (unpaired) electrons. The number of ether oxygens (including phenoxy) is 2. The molecule has 2 unspecified atom stereocenters. The molecule has 2 heterocycles. The molecule has 1 aliphatic heterocycles. The summed E-state index contributed by atoms with van der Waals surface area (Å²) in [5.74, 6) is -6.03. The molecule has 0 saturated heterocycles. The van der Waals surface area contributed by atoms with Crippen molar-refractivity contribution in [2.24, 2.45) is 0 Å². The van der Waals surface area contributed by atoms with Crippen LogP contribution in [0.1, 0.15) is 27.6 Å². The summed E-state index contributed by atoms with van der Waals surface area (Å²) in [4.78, 5) is 24.8. The van der Waals surface area contributed by atoms with Crippen molar-refractivity contribution in [3.63, 3.8) is 0 Å². The minimum absolute atomic E-state index is 0.0461. The molecule has 272 valence electrons. The van der Waals surface area contributed by atoms with E-state index in [4.69, 9.17) is 13.9 Å². The van der Waals surface area contributed by atoms with Gasteiger partial charge in [-0.3, -0.25) is 4.79 Å². The van der Waals surface area contributed by atoms with Gasteiger partial charge in [0.2, 0.25) is 11.2 Å². The van der Waals surface area contributed by atoms with Crippen molar-refractivity contribution in [3.8, 4) is 80.3 Å². The van der Waals surface area contributed by atoms with Crippen molar-refractivity contribution in [2.75, 3.05) is 0 Å². The van der Waals surface area contributed by atoms with Gasteiger partial charge < -0.3 is 70.1 Å². The molecule has 16 heteroatoms. The first kappa shape index (κ1) is 35.2. The molecule has 7 rings (SSSR count). The maximum atomic E-state index is 12.7. The molecule has 0 spiro atoms. The maximum Gasteiger partial charge on any atom is 0.338 e. The number of carbonyl (C=O) groups is 1. The van der Waals surface area contributed by atoms with Gasteiger partial charge in [-0.2, -0.15) is 0 Å². The smallest absolute Gasteiger partial charge is 0.338 e. The van der Waals surface area contributed by atoms with Gasteiger partial charge in [-0.1, -0.05) is 6.07 Å². The van der Waals surface area contributed by atoms with Crippen molar-refractivity contribution < 1.29 is 74.9 Å². The summed E-state index contributed by atoms with van der Waals surface area (Å²) < 4.78 is 16.8. The third-order valence-corrected chi connectivity index (χ3v) is 8.15. The van der Waals surface area contributed by atoms with Crippen LogP contribution in [0, 0.1) is 0 Å². The number of phenolic OH excluding ortho intramolecular Hbond substituents is 10. The van der Waals surface area contributed by atoms with Crippen LogP contribution in [0.2, 0.25) is 0 Å². The van der Waals surface area contributed by atoms with E-state index >= 15 is 0 Å². The van der Waals surface area contributed by atoms with Crippen LogP contribution in [0.25, 0.3) is 22.3 Å². The monoisotopic (exact) mass is 728 g/mol. The van der Waals surface area contributed by atoms with Crippen LogP contribution >= 0.6 is 0 Å². The molecule has 1 aromatic heterocycles. The Labute approximate surface area is 296 Å². The summed E-state index contributed by atoms with van der Waals surface area (Å²) >= 11 is 0. The molecule has 0 saturated carbocycles. The zero-order valence-corrected chi connectivity index (χ0v) is 26.8. The Morgan fingerprint density at radius 2 is 1.28 bits per heavy atom. The van der Waals surface area contributed by atoms with Gasteiger partial charge >= 0.3 is 5.97 Å². The Hall–Kier alpha value is -7.62. The molecule has 11 N–H and O–H groups in total. The number of fused-ring (bicyclic) bond motifs is 2. The van der Waals surface area contributed by atoms with Gasteiger partial charge in [0.1, 0.15) is 34.7 Å². The summed E-state index contributed by atoms with van der Waals surface area (Å²) in [6.07, 6.45) is -2.12. The van der Waals surface area contributed by atoms with Crippen molar-refractivity contribution in [2.45, 2.75) is 18.6 Å². The fourth-order valence-corrected chi connectivity index (χ4v) is 5.51. The van der Waals surface area contributed by atoms with E-state index in [1.165, 1.54) is 54.6 Å². The highest BCUT2D eigenvalue weighted by atomic mass is 16.6. The van der Waals surface area contributed by atoms with E-state index in [0.717, 1.165) is 24.3 Å². The third-order valence-electron chi connectivity index (χ3n) is 8.15. The largest absolute Gasteiger partial charge is 0.508 e. The predicted octanol–water partition coefficient (Wildman–Crippen LogP) is 4.81. The van der Waals surface area contributed by atoms with E-state index in [2.05, 4.69) is 0 Å². The number of rotatable bonds is 4. The zero-order valence-electron chi connectivity index (χ0n) is 26.8. The Bertz CT molecular complexity index is 2450. The Morgan fingerprint density at radius 1 is 0.623 bits per heavy atom. The molecule has 53 heavy (non-hydrogen) atoms. The van der Waals surface area contributed by atoms with Gasteiger partial charge in [0.05, 0.1) is 10.9 Å². The van der Waals surface area contributed by atoms with Crippen LogP contribution in [-0.4, -0.2) is 68.2 Å². The van der Waals surface area contributed by atoms with Crippen LogP contribution in [0.15, 0.2) is 88.1 Å². The van der Waals surface area contributed by atoms with Crippen molar-refractivity contribution in [1.82, 2.24) is 0 Å². The molecular formula is C37H28O16. The van der Waals surface area contributed by atoms with E-state index in [1.54, 1.807) is 0 Å². The number of carbonyl (C=O) groups excluding carboxylic acids is 1. The van der Waals surface area contributed by atoms with Gasteiger partial charge in [0, 0.05) is 41.3 Å². The second-order valence-corrected chi connectivity index (χ2v) is 11.7. The lowest BCUT2D eigenvalue weighted by Gasteiger charge is -2.34. The standard InChI is InChI=1S/C22H18O10.C15H10O6/c23-11-6-14(25)12-8-19(32-22(30)10-4-16(27)20(29)17(28)5-10)21(31-18(12)7-11)9-1-2-13(24)15(26)3-9;16-8-2-3-9-12(6-8)21-15(14(20)13(9)19)7-1-4-10(17)11(18)5-7/h1-7,19,21,23-29H,8H2;1-6,16-18,20H. The average molecular weight is 729 g/mol. The second kappa shape index (κ2) is 13.6. The lowest BCUT2D eigenvalue weighted by molar-refractivity contribution is -0.0189. The summed E-state index contributed by atoms with van der Waals surface area (Å²) in [5, 5.41) is 107. The first-order valence-corrected chi connectivity index (χ1v) is 15.3. The number of phenols is 10. The molecule has 2 atom stereocenters. The van der Waals surface area contributed by atoms with Gasteiger partial charge in [-0.25, -0.2) is 4.79 Å². The summed E-state index contributed by atoms with van der Waals surface area (Å²) in [6.45, 7) is 0. The molecule has 0 fully saturated rings. The van der Waals surface area contributed by atoms with Gasteiger partial charge in [0.25, 0.3) is 0 Å². The zero-order chi connectivity index (χ0) is 38.3. The minimum Gasteiger partial charge on any atom is -0.508 e. The van der Waals surface area contributed by atoms with Crippen LogP contribution < -0.4 is 10.2 Å². The molecule has 6 aromatic rings. The topological polar surface area (TPSA) is 288 Å². The van der Waals surface area contributed by atoms with Crippen LogP contribution in [0.4, 0.5) is 0 Å². The van der Waals surface area contributed by atoms with Crippen LogP contribution in [-0.2, 0) is 11.2 Å². The first-order valence-electron chi connectivity index (χ1n) is 15.3. The first-order chi connectivity index (χ1) is 25.1.